The van der Waals surface area contributed by atoms with Gasteiger partial charge in [-0.05, 0) is 37.5 Å². The quantitative estimate of drug-likeness (QED) is 0.720. The van der Waals surface area contributed by atoms with E-state index in [2.05, 4.69) is 4.90 Å². The second kappa shape index (κ2) is 2.96. The summed E-state index contributed by atoms with van der Waals surface area (Å²) in [6.07, 6.45) is 5.91. The third-order valence-electron chi connectivity index (χ3n) is 3.76. The van der Waals surface area contributed by atoms with Crippen molar-refractivity contribution in [3.05, 3.63) is 0 Å². The molecule has 1 atom stereocenters. The highest BCUT2D eigenvalue weighted by Crippen LogP contribution is 2.47. The van der Waals surface area contributed by atoms with E-state index in [0.717, 1.165) is 18.4 Å². The molecule has 0 bridgehead atoms. The summed E-state index contributed by atoms with van der Waals surface area (Å²) in [5.74, 6) is 1.94. The molecular formula is C11H18N2O. The van der Waals surface area contributed by atoms with E-state index in [1.165, 1.54) is 25.7 Å². The maximum absolute atomic E-state index is 11.7. The van der Waals surface area contributed by atoms with Crippen molar-refractivity contribution in [2.24, 2.45) is 17.6 Å². The van der Waals surface area contributed by atoms with Crippen LogP contribution in [0.15, 0.2) is 0 Å². The highest BCUT2D eigenvalue weighted by atomic mass is 16.2. The van der Waals surface area contributed by atoms with Gasteiger partial charge in [0.05, 0.1) is 0 Å². The largest absolute Gasteiger partial charge is 0.338 e. The molecule has 2 saturated carbocycles. The maximum Gasteiger partial charge on any atom is 0.224 e. The van der Waals surface area contributed by atoms with Crippen LogP contribution in [0.1, 0.15) is 32.1 Å². The minimum atomic E-state index is 0.0995. The van der Waals surface area contributed by atoms with Gasteiger partial charge in [-0.25, -0.2) is 0 Å². The van der Waals surface area contributed by atoms with Gasteiger partial charge >= 0.3 is 0 Å². The lowest BCUT2D eigenvalue weighted by molar-refractivity contribution is -0.130. The van der Waals surface area contributed by atoms with E-state index in [1.807, 2.05) is 0 Å². The Hall–Kier alpha value is -0.570. The van der Waals surface area contributed by atoms with Gasteiger partial charge in [-0.3, -0.25) is 4.79 Å². The summed E-state index contributed by atoms with van der Waals surface area (Å²) < 4.78 is 0. The SMILES string of the molecule is NC1CC(=O)N(C(C2CC2)C2CC2)C1. The predicted molar refractivity (Wildman–Crippen MR) is 53.5 cm³/mol. The molecular weight excluding hydrogens is 176 g/mol. The van der Waals surface area contributed by atoms with E-state index in [4.69, 9.17) is 5.73 Å². The number of amides is 1. The molecule has 1 saturated heterocycles. The van der Waals surface area contributed by atoms with Gasteiger partial charge in [-0.1, -0.05) is 0 Å². The number of nitrogens with zero attached hydrogens (tertiary/aromatic N) is 1. The van der Waals surface area contributed by atoms with Crippen LogP contribution in [0, 0.1) is 11.8 Å². The van der Waals surface area contributed by atoms with Crippen molar-refractivity contribution in [1.29, 1.82) is 0 Å². The van der Waals surface area contributed by atoms with Gasteiger partial charge in [0.15, 0.2) is 0 Å². The van der Waals surface area contributed by atoms with Crippen LogP contribution in [-0.4, -0.2) is 29.4 Å². The van der Waals surface area contributed by atoms with Gasteiger partial charge < -0.3 is 10.6 Å². The number of hydrogen-bond acceptors (Lipinski definition) is 2. The molecule has 2 aliphatic carbocycles. The second-order valence-electron chi connectivity index (χ2n) is 5.18. The molecule has 78 valence electrons. The van der Waals surface area contributed by atoms with Gasteiger partial charge in [0, 0.05) is 25.0 Å². The van der Waals surface area contributed by atoms with Gasteiger partial charge in [-0.2, -0.15) is 0 Å². The van der Waals surface area contributed by atoms with Crippen LogP contribution in [0.2, 0.25) is 0 Å². The van der Waals surface area contributed by atoms with Crippen LogP contribution in [0.5, 0.6) is 0 Å². The number of likely N-dealkylation sites (tertiary alicyclic amines) is 1. The average Bonchev–Trinajstić information content (AvgIpc) is 2.97. The van der Waals surface area contributed by atoms with Crippen molar-refractivity contribution in [3.63, 3.8) is 0 Å². The van der Waals surface area contributed by atoms with Crippen LogP contribution in [0.3, 0.4) is 0 Å². The zero-order chi connectivity index (χ0) is 9.71. The second-order valence-corrected chi connectivity index (χ2v) is 5.18. The lowest BCUT2D eigenvalue weighted by atomic mass is 10.1. The number of carbonyl (C=O) groups excluding carboxylic acids is 1. The topological polar surface area (TPSA) is 46.3 Å². The van der Waals surface area contributed by atoms with Gasteiger partial charge in [0.2, 0.25) is 5.91 Å². The number of carbonyl (C=O) groups is 1. The molecule has 2 N–H and O–H groups in total. The summed E-state index contributed by atoms with van der Waals surface area (Å²) in [5.41, 5.74) is 5.83. The highest BCUT2D eigenvalue weighted by molar-refractivity contribution is 5.79. The molecule has 1 unspecified atom stereocenters. The van der Waals surface area contributed by atoms with E-state index in [1.54, 1.807) is 0 Å². The van der Waals surface area contributed by atoms with Crippen LogP contribution in [-0.2, 0) is 4.79 Å². The van der Waals surface area contributed by atoms with Crippen LogP contribution < -0.4 is 5.73 Å². The molecule has 3 rings (SSSR count). The molecule has 0 spiro atoms. The first-order chi connectivity index (χ1) is 6.75. The lowest BCUT2D eigenvalue weighted by Gasteiger charge is -2.28. The molecule has 0 aromatic carbocycles. The molecule has 3 heteroatoms. The first-order valence-corrected chi connectivity index (χ1v) is 5.81. The molecule has 0 aromatic heterocycles. The minimum Gasteiger partial charge on any atom is -0.338 e. The third-order valence-corrected chi connectivity index (χ3v) is 3.76. The normalized spacial score (nSPS) is 33.1. The molecule has 1 amide bonds. The molecule has 14 heavy (non-hydrogen) atoms. The van der Waals surface area contributed by atoms with E-state index in [9.17, 15) is 4.79 Å². The fourth-order valence-electron chi connectivity index (χ4n) is 2.82. The molecule has 0 aromatic rings. The summed E-state index contributed by atoms with van der Waals surface area (Å²) in [4.78, 5) is 13.8. The summed E-state index contributed by atoms with van der Waals surface area (Å²) in [6.45, 7) is 0.816. The highest BCUT2D eigenvalue weighted by Gasteiger charge is 2.47. The van der Waals surface area contributed by atoms with Crippen LogP contribution >= 0.6 is 0 Å². The Labute approximate surface area is 84.6 Å². The molecule has 1 aliphatic heterocycles. The summed E-state index contributed by atoms with van der Waals surface area (Å²) in [6, 6.07) is 0.665. The number of nitrogens with two attached hydrogens (primary N) is 1. The molecule has 1 heterocycles. The molecule has 3 fully saturated rings. The Bertz CT molecular complexity index is 246. The Morgan fingerprint density at radius 1 is 1.21 bits per heavy atom. The summed E-state index contributed by atoms with van der Waals surface area (Å²) in [5, 5.41) is 0. The van der Waals surface area contributed by atoms with E-state index >= 15 is 0 Å². The smallest absolute Gasteiger partial charge is 0.224 e. The van der Waals surface area contributed by atoms with Crippen LogP contribution in [0.4, 0.5) is 0 Å². The van der Waals surface area contributed by atoms with Crippen molar-refractivity contribution in [2.45, 2.75) is 44.2 Å². The Kier molecular flexibility index (Phi) is 1.84. The van der Waals surface area contributed by atoms with E-state index in [-0.39, 0.29) is 6.04 Å². The Morgan fingerprint density at radius 3 is 2.14 bits per heavy atom. The van der Waals surface area contributed by atoms with Gasteiger partial charge in [-0.15, -0.1) is 0 Å². The van der Waals surface area contributed by atoms with Gasteiger partial charge in [0.1, 0.15) is 0 Å². The standard InChI is InChI=1S/C11H18N2O/c12-9-5-10(14)13(6-9)11(7-1-2-7)8-3-4-8/h7-9,11H,1-6,12H2. The van der Waals surface area contributed by atoms with Crippen molar-refractivity contribution in [3.8, 4) is 0 Å². The van der Waals surface area contributed by atoms with Crippen molar-refractivity contribution in [2.75, 3.05) is 6.54 Å². The van der Waals surface area contributed by atoms with Crippen LogP contribution in [0.25, 0.3) is 0 Å². The monoisotopic (exact) mass is 194 g/mol. The van der Waals surface area contributed by atoms with Crippen molar-refractivity contribution < 1.29 is 4.79 Å². The first-order valence-electron chi connectivity index (χ1n) is 5.81. The number of hydrogen-bond donors (Lipinski definition) is 1. The summed E-state index contributed by atoms with van der Waals surface area (Å²) >= 11 is 0. The van der Waals surface area contributed by atoms with E-state index in [0.29, 0.717) is 18.4 Å². The zero-order valence-corrected chi connectivity index (χ0v) is 8.48. The van der Waals surface area contributed by atoms with E-state index < -0.39 is 0 Å². The minimum absolute atomic E-state index is 0.0995. The average molecular weight is 194 g/mol. The molecule has 0 radical (unpaired) electrons. The first kappa shape index (κ1) is 8.72. The molecule has 3 aliphatic rings. The van der Waals surface area contributed by atoms with Crippen molar-refractivity contribution >= 4 is 5.91 Å². The fourth-order valence-corrected chi connectivity index (χ4v) is 2.82. The number of rotatable bonds is 3. The molecule has 3 nitrogen and oxygen atoms in total. The Balaban J connectivity index is 1.74. The Morgan fingerprint density at radius 2 is 1.79 bits per heavy atom. The predicted octanol–water partition coefficient (Wildman–Crippen LogP) is 0.735. The zero-order valence-electron chi connectivity index (χ0n) is 8.48. The third kappa shape index (κ3) is 1.44. The lowest BCUT2D eigenvalue weighted by Crippen LogP contribution is -2.40. The van der Waals surface area contributed by atoms with Crippen molar-refractivity contribution in [1.82, 2.24) is 4.90 Å². The fraction of sp³-hybridized carbons (Fsp3) is 0.909. The maximum atomic E-state index is 11.7. The summed E-state index contributed by atoms with van der Waals surface area (Å²) in [7, 11) is 0. The van der Waals surface area contributed by atoms with Gasteiger partial charge in [0.25, 0.3) is 0 Å².